The Balaban J connectivity index is 0. The normalized spacial score (nSPS) is 11.3. The molecule has 0 amide bonds. The molecule has 98 valence electrons. The molecule has 0 aliphatic rings. The van der Waals surface area contributed by atoms with Crippen molar-refractivity contribution in [3.8, 4) is 0 Å². The second-order valence-corrected chi connectivity index (χ2v) is 3.31. The van der Waals surface area contributed by atoms with Crippen LogP contribution in [0.15, 0.2) is 12.3 Å². The second-order valence-electron chi connectivity index (χ2n) is 3.31. The van der Waals surface area contributed by atoms with E-state index in [9.17, 15) is 0 Å². The van der Waals surface area contributed by atoms with Gasteiger partial charge in [0.15, 0.2) is 6.20 Å². The highest BCUT2D eigenvalue weighted by molar-refractivity contribution is 5.28. The fourth-order valence-electron chi connectivity index (χ4n) is 1.61. The fourth-order valence-corrected chi connectivity index (χ4v) is 1.61. The van der Waals surface area contributed by atoms with Gasteiger partial charge in [0.1, 0.15) is 7.05 Å². The van der Waals surface area contributed by atoms with E-state index in [4.69, 9.17) is 0 Å². The lowest BCUT2D eigenvalue weighted by atomic mass is 10.2. The van der Waals surface area contributed by atoms with E-state index in [2.05, 4.69) is 56.8 Å². The monoisotopic (exact) mass is 236 g/mol. The number of aryl methyl sites for hydroxylation is 2. The van der Waals surface area contributed by atoms with Crippen LogP contribution in [0, 0.1) is 6.92 Å². The Morgan fingerprint density at radius 3 is 2.12 bits per heavy atom. The molecule has 0 aliphatic carbocycles. The van der Waals surface area contributed by atoms with E-state index < -0.39 is 0 Å². The molecule has 0 N–H and O–H groups in total. The van der Waals surface area contributed by atoms with Gasteiger partial charge in [-0.1, -0.05) is 40.7 Å². The van der Waals surface area contributed by atoms with Gasteiger partial charge in [0, 0.05) is 11.3 Å². The van der Waals surface area contributed by atoms with Crippen molar-refractivity contribution in [1.29, 1.82) is 0 Å². The zero-order chi connectivity index (χ0) is 13.8. The molecule has 1 rings (SSSR count). The first-order chi connectivity index (χ1) is 8.20. The van der Waals surface area contributed by atoms with Crippen molar-refractivity contribution >= 4 is 12.2 Å². The number of pyridine rings is 1. The molecule has 0 unspecified atom stereocenters. The maximum absolute atomic E-state index is 2.27. The third kappa shape index (κ3) is 5.67. The second kappa shape index (κ2) is 11.4. The Hall–Kier alpha value is -1.11. The number of hydrogen-bond acceptors (Lipinski definition) is 0. The maximum atomic E-state index is 2.27. The largest absolute Gasteiger partial charge is 0.208 e. The zero-order valence-corrected chi connectivity index (χ0v) is 13.0. The van der Waals surface area contributed by atoms with Crippen LogP contribution in [0.25, 0.3) is 12.2 Å². The molecule has 0 saturated heterocycles. The van der Waals surface area contributed by atoms with E-state index in [0.29, 0.717) is 0 Å². The van der Waals surface area contributed by atoms with Crippen LogP contribution in [0.4, 0.5) is 0 Å². The summed E-state index contributed by atoms with van der Waals surface area (Å²) in [5.74, 6) is 0. The summed E-state index contributed by atoms with van der Waals surface area (Å²) in [6, 6.07) is 2.16. The summed E-state index contributed by atoms with van der Waals surface area (Å²) in [6.45, 7) is 14.4. The first-order valence-electron chi connectivity index (χ1n) is 6.82. The lowest BCUT2D eigenvalue weighted by Gasteiger charge is -1.94. The summed E-state index contributed by atoms with van der Waals surface area (Å²) in [6.07, 6.45) is 7.64. The topological polar surface area (TPSA) is 3.88 Å². The molecule has 0 radical (unpaired) electrons. The molecule has 1 heteroatoms. The molecule has 0 atom stereocenters. The molecule has 17 heavy (non-hydrogen) atoms. The minimum Gasteiger partial charge on any atom is -0.201 e. The molecule has 0 bridgehead atoms. The minimum atomic E-state index is 1.08. The van der Waals surface area contributed by atoms with Crippen molar-refractivity contribution in [2.75, 3.05) is 0 Å². The quantitative estimate of drug-likeness (QED) is 0.660. The predicted molar refractivity (Wildman–Crippen MR) is 79.2 cm³/mol. The van der Waals surface area contributed by atoms with Crippen LogP contribution in [0.5, 0.6) is 0 Å². The minimum absolute atomic E-state index is 1.08. The zero-order valence-electron chi connectivity index (χ0n) is 13.0. The lowest BCUT2D eigenvalue weighted by molar-refractivity contribution is -0.685. The highest BCUT2D eigenvalue weighted by Gasteiger charge is 1.99. The van der Waals surface area contributed by atoms with Crippen molar-refractivity contribution in [2.24, 2.45) is 7.05 Å². The van der Waals surface area contributed by atoms with Crippen LogP contribution in [0.2, 0.25) is 0 Å². The highest BCUT2D eigenvalue weighted by atomic mass is 14.9. The predicted octanol–water partition coefficient (Wildman–Crippen LogP) is 2.86. The Bertz CT molecular complexity index is 402. The van der Waals surface area contributed by atoms with Crippen molar-refractivity contribution < 1.29 is 4.57 Å². The highest BCUT2D eigenvalue weighted by Crippen LogP contribution is 1.81. The van der Waals surface area contributed by atoms with E-state index >= 15 is 0 Å². The Morgan fingerprint density at radius 1 is 1.18 bits per heavy atom. The molecule has 0 aliphatic heterocycles. The lowest BCUT2D eigenvalue weighted by Crippen LogP contribution is -2.54. The summed E-state index contributed by atoms with van der Waals surface area (Å²) in [4.78, 5) is 0. The average molecular weight is 236 g/mol. The van der Waals surface area contributed by atoms with Crippen LogP contribution >= 0.6 is 0 Å². The van der Waals surface area contributed by atoms with Gasteiger partial charge in [0.2, 0.25) is 5.35 Å². The van der Waals surface area contributed by atoms with Gasteiger partial charge in [-0.15, -0.1) is 0 Å². The molecule has 0 aromatic carbocycles. The number of rotatable bonds is 1. The molecule has 0 spiro atoms. The summed E-state index contributed by atoms with van der Waals surface area (Å²) in [5, 5.41) is 2.68. The van der Waals surface area contributed by atoms with Crippen LogP contribution in [0.3, 0.4) is 0 Å². The summed E-state index contributed by atoms with van der Waals surface area (Å²) in [5.41, 5.74) is 1.35. The van der Waals surface area contributed by atoms with Gasteiger partial charge in [0.25, 0.3) is 0 Å². The van der Waals surface area contributed by atoms with Crippen LogP contribution in [-0.2, 0) is 7.05 Å². The van der Waals surface area contributed by atoms with Gasteiger partial charge >= 0.3 is 0 Å². The fraction of sp³-hybridized carbons (Fsp3) is 0.562. The third-order valence-electron chi connectivity index (χ3n) is 2.32. The Kier molecular flexibility index (Phi) is 12.2. The van der Waals surface area contributed by atoms with Crippen molar-refractivity contribution in [2.45, 2.75) is 54.9 Å². The van der Waals surface area contributed by atoms with Crippen molar-refractivity contribution in [3.63, 3.8) is 0 Å². The maximum Gasteiger partial charge on any atom is 0.208 e. The van der Waals surface area contributed by atoms with Crippen molar-refractivity contribution in [3.05, 3.63) is 28.4 Å². The molecule has 0 fully saturated rings. The summed E-state index contributed by atoms with van der Waals surface area (Å²) >= 11 is 0. The van der Waals surface area contributed by atoms with Gasteiger partial charge in [-0.2, -0.15) is 0 Å². The van der Waals surface area contributed by atoms with Gasteiger partial charge in [-0.05, 0) is 31.9 Å². The summed E-state index contributed by atoms with van der Waals surface area (Å²) < 4.78 is 2.17. The first kappa shape index (κ1) is 18.3. The Morgan fingerprint density at radius 2 is 1.71 bits per heavy atom. The van der Waals surface area contributed by atoms with Gasteiger partial charge < -0.3 is 0 Å². The van der Waals surface area contributed by atoms with Gasteiger partial charge in [-0.3, -0.25) is 0 Å². The van der Waals surface area contributed by atoms with E-state index in [0.717, 1.165) is 6.42 Å². The number of nitrogens with zero attached hydrogens (tertiary/aromatic N) is 1. The third-order valence-corrected chi connectivity index (χ3v) is 2.32. The van der Waals surface area contributed by atoms with E-state index in [1.54, 1.807) is 0 Å². The van der Waals surface area contributed by atoms with Gasteiger partial charge in [0.05, 0.1) is 0 Å². The van der Waals surface area contributed by atoms with Crippen LogP contribution < -0.4 is 15.1 Å². The molecular weight excluding hydrogens is 206 g/mol. The van der Waals surface area contributed by atoms with Crippen LogP contribution in [0.1, 0.15) is 53.5 Å². The molecule has 1 heterocycles. The van der Waals surface area contributed by atoms with Gasteiger partial charge in [-0.25, -0.2) is 4.57 Å². The SMILES string of the molecule is C/C=c1/c(C)cc[n+](C)/c1=C/CC.CC.CC. The standard InChI is InChI=1S/C12H18N.2C2H6/c1-5-7-12-11(6-2)10(3)8-9-13(12)4;2*1-2/h6-9H,5H2,1-4H3;2*1-2H3/q+1;;/b11-6-,12-7+;;. The molecule has 0 saturated carbocycles. The first-order valence-corrected chi connectivity index (χ1v) is 6.82. The average Bonchev–Trinajstić information content (AvgIpc) is 2.39. The molecule has 1 nitrogen and oxygen atoms in total. The van der Waals surface area contributed by atoms with Crippen molar-refractivity contribution in [1.82, 2.24) is 0 Å². The molecule has 1 aromatic heterocycles. The van der Waals surface area contributed by atoms with Crippen LogP contribution in [-0.4, -0.2) is 0 Å². The number of aromatic nitrogens is 1. The molecule has 1 aromatic rings. The van der Waals surface area contributed by atoms with E-state index in [1.807, 2.05) is 27.7 Å². The Labute approximate surface area is 108 Å². The van der Waals surface area contributed by atoms with E-state index in [1.165, 1.54) is 16.1 Å². The summed E-state index contributed by atoms with van der Waals surface area (Å²) in [7, 11) is 2.09. The molecular formula is C16H30N+. The van der Waals surface area contributed by atoms with E-state index in [-0.39, 0.29) is 0 Å². The number of hydrogen-bond donors (Lipinski definition) is 0. The smallest absolute Gasteiger partial charge is 0.201 e.